The normalized spacial score (nSPS) is 11.4. The van der Waals surface area contributed by atoms with E-state index < -0.39 is 29.9 Å². The van der Waals surface area contributed by atoms with Crippen LogP contribution in [0.2, 0.25) is 0 Å². The van der Waals surface area contributed by atoms with E-state index in [2.05, 4.69) is 15.1 Å². The molecule has 0 aliphatic heterocycles. The van der Waals surface area contributed by atoms with Crippen LogP contribution in [0.3, 0.4) is 0 Å². The first-order valence-corrected chi connectivity index (χ1v) is 11.3. The van der Waals surface area contributed by atoms with Gasteiger partial charge < -0.3 is 14.9 Å². The third-order valence-corrected chi connectivity index (χ3v) is 5.46. The molecule has 0 saturated heterocycles. The summed E-state index contributed by atoms with van der Waals surface area (Å²) in [6, 6.07) is 6.95. The van der Waals surface area contributed by atoms with E-state index in [9.17, 15) is 31.1 Å². The Kier molecular flexibility index (Phi) is 8.90. The molecule has 0 aliphatic rings. The number of carboxylic acids is 2. The zero-order valence-corrected chi connectivity index (χ0v) is 20.1. The summed E-state index contributed by atoms with van der Waals surface area (Å²) < 4.78 is 79.1. The zero-order chi connectivity index (χ0) is 28.8. The highest BCUT2D eigenvalue weighted by atomic mass is 32.1. The lowest BCUT2D eigenvalue weighted by Gasteiger charge is -2.12. The first kappa shape index (κ1) is 29.1. The van der Waals surface area contributed by atoms with Gasteiger partial charge in [0.2, 0.25) is 0 Å². The summed E-state index contributed by atoms with van der Waals surface area (Å²) in [5.41, 5.74) is 0.532. The van der Waals surface area contributed by atoms with E-state index in [-0.39, 0.29) is 30.0 Å². The van der Waals surface area contributed by atoms with Crippen molar-refractivity contribution in [3.63, 3.8) is 0 Å². The minimum atomic E-state index is -5.08. The molecule has 16 heteroatoms. The number of pyridine rings is 1. The van der Waals surface area contributed by atoms with Crippen LogP contribution >= 0.6 is 11.3 Å². The van der Waals surface area contributed by atoms with Crippen molar-refractivity contribution in [1.82, 2.24) is 19.7 Å². The second kappa shape index (κ2) is 11.9. The highest BCUT2D eigenvalue weighted by Crippen LogP contribution is 2.36. The van der Waals surface area contributed by atoms with E-state index in [1.807, 2.05) is 0 Å². The molecule has 3 heterocycles. The first-order valence-electron chi connectivity index (χ1n) is 10.5. The second-order valence-electron chi connectivity index (χ2n) is 7.55. The number of carbonyl (C=O) groups is 2. The molecule has 0 unspecified atom stereocenters. The van der Waals surface area contributed by atoms with Crippen molar-refractivity contribution in [2.45, 2.75) is 25.5 Å². The molecule has 0 saturated carbocycles. The van der Waals surface area contributed by atoms with Gasteiger partial charge in [-0.05, 0) is 24.3 Å². The number of aromatic nitrogens is 4. The quantitative estimate of drug-likeness (QED) is 0.282. The lowest BCUT2D eigenvalue weighted by Crippen LogP contribution is -2.21. The number of carboxylic acid groups (broad SMARTS) is 2. The van der Waals surface area contributed by atoms with E-state index in [0.29, 0.717) is 10.7 Å². The van der Waals surface area contributed by atoms with Crippen LogP contribution in [0.4, 0.5) is 26.3 Å². The lowest BCUT2D eigenvalue weighted by molar-refractivity contribution is -0.192. The zero-order valence-electron chi connectivity index (χ0n) is 19.3. The van der Waals surface area contributed by atoms with Crippen molar-refractivity contribution in [2.24, 2.45) is 0 Å². The van der Waals surface area contributed by atoms with Crippen molar-refractivity contribution in [3.8, 4) is 17.0 Å². The summed E-state index contributed by atoms with van der Waals surface area (Å²) in [4.78, 5) is 28.2. The summed E-state index contributed by atoms with van der Waals surface area (Å²) >= 11 is 1.24. The Morgan fingerprint density at radius 3 is 2.33 bits per heavy atom. The van der Waals surface area contributed by atoms with Gasteiger partial charge in [0.05, 0.1) is 29.6 Å². The molecule has 9 nitrogen and oxygen atoms in total. The van der Waals surface area contributed by atoms with Gasteiger partial charge in [0.25, 0.3) is 0 Å². The van der Waals surface area contributed by atoms with E-state index >= 15 is 0 Å². The maximum atomic E-state index is 13.4. The standard InChI is InChI=1S/C21H15F3N4O3S.C2HF3O2/c22-21(23,24)16-4-14(5-17(6-16)31-11-13-2-1-3-25-7-13)18-12-32-19(27-18)10-28-9-15(8-26-28)20(29)30;3-2(4,5)1(6)7/h1-9,12H,10-11H2,(H,29,30);(H,6,7). The van der Waals surface area contributed by atoms with Crippen LogP contribution in [0.15, 0.2) is 60.5 Å². The van der Waals surface area contributed by atoms with Gasteiger partial charge >= 0.3 is 24.3 Å². The summed E-state index contributed by atoms with van der Waals surface area (Å²) in [6.45, 7) is 0.267. The van der Waals surface area contributed by atoms with Crippen molar-refractivity contribution < 1.29 is 50.9 Å². The average Bonchev–Trinajstić information content (AvgIpc) is 3.53. The number of hydrogen-bond donors (Lipinski definition) is 2. The monoisotopic (exact) mass is 574 g/mol. The molecule has 2 N–H and O–H groups in total. The number of rotatable bonds is 7. The van der Waals surface area contributed by atoms with Gasteiger partial charge in [-0.1, -0.05) is 6.07 Å². The number of thiazole rings is 1. The van der Waals surface area contributed by atoms with Gasteiger partial charge in [0.15, 0.2) is 0 Å². The first-order chi connectivity index (χ1) is 18.2. The SMILES string of the molecule is O=C(O)C(F)(F)F.O=C(O)c1cnn(Cc2nc(-c3cc(OCc4cccnc4)cc(C(F)(F)F)c3)cs2)c1. The number of aromatic carboxylic acids is 1. The lowest BCUT2D eigenvalue weighted by atomic mass is 10.1. The fraction of sp³-hybridized carbons (Fsp3) is 0.174. The van der Waals surface area contributed by atoms with E-state index in [1.54, 1.807) is 29.9 Å². The molecule has 0 radical (unpaired) electrons. The maximum Gasteiger partial charge on any atom is 0.490 e. The van der Waals surface area contributed by atoms with Crippen molar-refractivity contribution in [1.29, 1.82) is 0 Å². The smallest absolute Gasteiger partial charge is 0.489 e. The topological polar surface area (TPSA) is 127 Å². The van der Waals surface area contributed by atoms with Crippen molar-refractivity contribution in [2.75, 3.05) is 0 Å². The van der Waals surface area contributed by atoms with Crippen LogP contribution in [0.5, 0.6) is 5.75 Å². The maximum absolute atomic E-state index is 13.4. The van der Waals surface area contributed by atoms with Gasteiger partial charge in [-0.2, -0.15) is 31.4 Å². The summed E-state index contributed by atoms with van der Waals surface area (Å²) in [7, 11) is 0. The highest BCUT2D eigenvalue weighted by molar-refractivity contribution is 7.09. The van der Waals surface area contributed by atoms with Crippen LogP contribution in [-0.2, 0) is 24.1 Å². The molecule has 0 aliphatic carbocycles. The van der Waals surface area contributed by atoms with Gasteiger partial charge in [0.1, 0.15) is 17.4 Å². The van der Waals surface area contributed by atoms with Gasteiger partial charge in [-0.3, -0.25) is 9.67 Å². The molecular weight excluding hydrogens is 558 g/mol. The molecule has 3 aromatic heterocycles. The predicted molar refractivity (Wildman–Crippen MR) is 123 cm³/mol. The Morgan fingerprint density at radius 2 is 1.77 bits per heavy atom. The van der Waals surface area contributed by atoms with E-state index in [4.69, 9.17) is 19.7 Å². The molecule has 0 bridgehead atoms. The number of nitrogens with zero attached hydrogens (tertiary/aromatic N) is 4. The minimum Gasteiger partial charge on any atom is -0.489 e. The Balaban J connectivity index is 0.000000532. The number of alkyl halides is 6. The number of halogens is 6. The van der Waals surface area contributed by atoms with Gasteiger partial charge in [0, 0.05) is 35.1 Å². The number of aliphatic carboxylic acids is 1. The van der Waals surface area contributed by atoms with Crippen LogP contribution in [-0.4, -0.2) is 48.1 Å². The van der Waals surface area contributed by atoms with Gasteiger partial charge in [-0.25, -0.2) is 14.6 Å². The molecule has 0 amide bonds. The second-order valence-corrected chi connectivity index (χ2v) is 8.50. The van der Waals surface area contributed by atoms with Crippen molar-refractivity contribution >= 4 is 23.3 Å². The number of benzene rings is 1. The Morgan fingerprint density at radius 1 is 1.05 bits per heavy atom. The molecule has 1 aromatic carbocycles. The molecule has 4 aromatic rings. The molecule has 4 rings (SSSR count). The number of ether oxygens (including phenoxy) is 1. The minimum absolute atomic E-state index is 0.0371. The van der Waals surface area contributed by atoms with Crippen LogP contribution < -0.4 is 4.74 Å². The average molecular weight is 574 g/mol. The third-order valence-electron chi connectivity index (χ3n) is 4.63. The Hall–Kier alpha value is -4.47. The molecular formula is C23H16F6N4O5S. The fourth-order valence-corrected chi connectivity index (χ4v) is 3.65. The summed E-state index contributed by atoms with van der Waals surface area (Å²) in [5.74, 6) is -3.79. The largest absolute Gasteiger partial charge is 0.490 e. The van der Waals surface area contributed by atoms with E-state index in [1.165, 1.54) is 34.5 Å². The highest BCUT2D eigenvalue weighted by Gasteiger charge is 2.38. The molecule has 0 atom stereocenters. The molecule has 0 fully saturated rings. The summed E-state index contributed by atoms with van der Waals surface area (Å²) in [6.07, 6.45) is -3.89. The van der Waals surface area contributed by atoms with E-state index in [0.717, 1.165) is 17.7 Å². The van der Waals surface area contributed by atoms with Crippen LogP contribution in [0.25, 0.3) is 11.3 Å². The Labute approximate surface area is 219 Å². The van der Waals surface area contributed by atoms with Crippen molar-refractivity contribution in [3.05, 3.63) is 82.2 Å². The van der Waals surface area contributed by atoms with Crippen LogP contribution in [0, 0.1) is 0 Å². The molecule has 39 heavy (non-hydrogen) atoms. The molecule has 0 spiro atoms. The third kappa shape index (κ3) is 8.53. The van der Waals surface area contributed by atoms with Crippen LogP contribution in [0.1, 0.15) is 26.5 Å². The Bertz CT molecular complexity index is 1440. The summed E-state index contributed by atoms with van der Waals surface area (Å²) in [5, 5.41) is 22.3. The predicted octanol–water partition coefficient (Wildman–Crippen LogP) is 5.38. The molecule has 206 valence electrons. The fourth-order valence-electron chi connectivity index (χ4n) is 2.86. The van der Waals surface area contributed by atoms with Gasteiger partial charge in [-0.15, -0.1) is 11.3 Å². The number of hydrogen-bond acceptors (Lipinski definition) is 7.